The zero-order valence-electron chi connectivity index (χ0n) is 12.9. The molecule has 2 aromatic rings. The molecule has 1 aromatic heterocycles. The van der Waals surface area contributed by atoms with Crippen LogP contribution in [0.15, 0.2) is 64.7 Å². The van der Waals surface area contributed by atoms with Gasteiger partial charge in [0.15, 0.2) is 5.78 Å². The third-order valence-electron chi connectivity index (χ3n) is 4.42. The molecule has 4 rings (SSSR count). The standard InChI is InChI=1S/C19H14N2O3/c1-10-9-13(22)21-17-14(10)18(23)15-12(11-5-3-2-4-6-11)7-8-20-16(15)19(17)24/h2-9,12,20H,1H3,(H,21,22). The van der Waals surface area contributed by atoms with E-state index in [-0.39, 0.29) is 40.0 Å². The van der Waals surface area contributed by atoms with Crippen LogP contribution in [0.3, 0.4) is 0 Å². The molecule has 5 heteroatoms. The van der Waals surface area contributed by atoms with Gasteiger partial charge in [0, 0.05) is 17.6 Å². The lowest BCUT2D eigenvalue weighted by molar-refractivity contribution is 0.0961. The number of H-pyrrole nitrogens is 1. The van der Waals surface area contributed by atoms with Crippen molar-refractivity contribution in [2.45, 2.75) is 12.8 Å². The van der Waals surface area contributed by atoms with E-state index in [0.717, 1.165) is 5.56 Å². The van der Waals surface area contributed by atoms with Crippen molar-refractivity contribution in [1.82, 2.24) is 10.3 Å². The van der Waals surface area contributed by atoms with Crippen molar-refractivity contribution >= 4 is 11.6 Å². The van der Waals surface area contributed by atoms with Gasteiger partial charge in [-0.2, -0.15) is 0 Å². The molecule has 0 saturated carbocycles. The first-order valence-corrected chi connectivity index (χ1v) is 7.63. The minimum absolute atomic E-state index is 0.0679. The van der Waals surface area contributed by atoms with E-state index in [1.54, 1.807) is 13.1 Å². The second kappa shape index (κ2) is 5.16. The highest BCUT2D eigenvalue weighted by molar-refractivity contribution is 6.27. The molecular formula is C19H14N2O3. The average Bonchev–Trinajstić information content (AvgIpc) is 2.59. The number of Topliss-reactive ketones (excluding diaryl/α,β-unsaturated/α-hetero) is 2. The Hall–Kier alpha value is -3.21. The average molecular weight is 318 g/mol. The van der Waals surface area contributed by atoms with E-state index >= 15 is 0 Å². The lowest BCUT2D eigenvalue weighted by Crippen LogP contribution is -2.35. The molecule has 2 N–H and O–H groups in total. The third-order valence-corrected chi connectivity index (χ3v) is 4.42. The molecule has 5 nitrogen and oxygen atoms in total. The molecule has 1 aliphatic carbocycles. The number of hydrogen-bond donors (Lipinski definition) is 2. The Morgan fingerprint density at radius 2 is 1.75 bits per heavy atom. The first kappa shape index (κ1) is 14.4. The SMILES string of the molecule is Cc1cc(=O)[nH]c2c1C(=O)C1=C(NC=CC1c1ccccc1)C2=O. The summed E-state index contributed by atoms with van der Waals surface area (Å²) in [5.74, 6) is -0.872. The van der Waals surface area contributed by atoms with E-state index in [1.165, 1.54) is 6.07 Å². The Labute approximate surface area is 137 Å². The van der Waals surface area contributed by atoms with Gasteiger partial charge in [0.1, 0.15) is 5.69 Å². The van der Waals surface area contributed by atoms with Crippen LogP contribution in [0.4, 0.5) is 0 Å². The predicted molar refractivity (Wildman–Crippen MR) is 88.9 cm³/mol. The fraction of sp³-hybridized carbons (Fsp3) is 0.105. The number of aromatic amines is 1. The predicted octanol–water partition coefficient (Wildman–Crippen LogP) is 2.22. The Kier molecular flexibility index (Phi) is 3.09. The summed E-state index contributed by atoms with van der Waals surface area (Å²) in [7, 11) is 0. The van der Waals surface area contributed by atoms with Gasteiger partial charge in [-0.25, -0.2) is 0 Å². The number of pyridine rings is 1. The Bertz CT molecular complexity index is 997. The molecule has 2 heterocycles. The quantitative estimate of drug-likeness (QED) is 0.845. The minimum Gasteiger partial charge on any atom is -0.358 e. The largest absolute Gasteiger partial charge is 0.358 e. The summed E-state index contributed by atoms with van der Waals surface area (Å²) in [4.78, 5) is 40.1. The highest BCUT2D eigenvalue weighted by Gasteiger charge is 2.38. The van der Waals surface area contributed by atoms with Crippen molar-refractivity contribution in [2.24, 2.45) is 0 Å². The summed E-state index contributed by atoms with van der Waals surface area (Å²) < 4.78 is 0. The maximum atomic E-state index is 13.1. The normalized spacial score (nSPS) is 19.0. The molecule has 0 amide bonds. The Morgan fingerprint density at radius 1 is 1.00 bits per heavy atom. The summed E-state index contributed by atoms with van der Waals surface area (Å²) >= 11 is 0. The summed E-state index contributed by atoms with van der Waals surface area (Å²) in [6.45, 7) is 1.68. The van der Waals surface area contributed by atoms with Crippen LogP contribution < -0.4 is 10.9 Å². The summed E-state index contributed by atoms with van der Waals surface area (Å²) in [6.07, 6.45) is 3.53. The molecule has 2 aliphatic rings. The number of nitrogens with one attached hydrogen (secondary N) is 2. The van der Waals surface area contributed by atoms with Gasteiger partial charge in [-0.3, -0.25) is 14.4 Å². The monoisotopic (exact) mass is 318 g/mol. The number of carbonyl (C=O) groups excluding carboxylic acids is 2. The van der Waals surface area contributed by atoms with Crippen LogP contribution in [0.2, 0.25) is 0 Å². The van der Waals surface area contributed by atoms with Gasteiger partial charge >= 0.3 is 0 Å². The second-order valence-corrected chi connectivity index (χ2v) is 5.91. The van der Waals surface area contributed by atoms with Crippen molar-refractivity contribution in [3.63, 3.8) is 0 Å². The summed E-state index contributed by atoms with van der Waals surface area (Å²) in [6, 6.07) is 10.9. The molecule has 24 heavy (non-hydrogen) atoms. The maximum absolute atomic E-state index is 13.1. The van der Waals surface area contributed by atoms with Gasteiger partial charge in [0.05, 0.1) is 11.3 Å². The molecule has 118 valence electrons. The van der Waals surface area contributed by atoms with Crippen LogP contribution >= 0.6 is 0 Å². The molecule has 0 bridgehead atoms. The molecule has 1 unspecified atom stereocenters. The lowest BCUT2D eigenvalue weighted by atomic mass is 9.78. The molecule has 0 spiro atoms. The highest BCUT2D eigenvalue weighted by atomic mass is 16.1. The number of fused-ring (bicyclic) bond motifs is 1. The van der Waals surface area contributed by atoms with E-state index in [4.69, 9.17) is 0 Å². The van der Waals surface area contributed by atoms with Gasteiger partial charge in [-0.15, -0.1) is 0 Å². The fourth-order valence-electron chi connectivity index (χ4n) is 3.35. The number of carbonyl (C=O) groups is 2. The van der Waals surface area contributed by atoms with E-state index in [9.17, 15) is 14.4 Å². The maximum Gasteiger partial charge on any atom is 0.248 e. The number of dihydropyridines is 1. The van der Waals surface area contributed by atoms with Gasteiger partial charge in [0.25, 0.3) is 0 Å². The summed E-state index contributed by atoms with van der Waals surface area (Å²) in [5, 5.41) is 2.89. The molecule has 0 saturated heterocycles. The van der Waals surface area contributed by atoms with E-state index in [0.29, 0.717) is 11.1 Å². The molecule has 1 aliphatic heterocycles. The Balaban J connectivity index is 1.94. The first-order chi connectivity index (χ1) is 11.6. The van der Waals surface area contributed by atoms with Crippen LogP contribution in [0.5, 0.6) is 0 Å². The van der Waals surface area contributed by atoms with Crippen molar-refractivity contribution in [3.8, 4) is 0 Å². The van der Waals surface area contributed by atoms with E-state index in [2.05, 4.69) is 10.3 Å². The van der Waals surface area contributed by atoms with Crippen molar-refractivity contribution in [1.29, 1.82) is 0 Å². The smallest absolute Gasteiger partial charge is 0.248 e. The number of aryl methyl sites for hydroxylation is 1. The lowest BCUT2D eigenvalue weighted by Gasteiger charge is -2.28. The minimum atomic E-state index is -0.387. The number of rotatable bonds is 1. The van der Waals surface area contributed by atoms with Crippen LogP contribution in [0.25, 0.3) is 0 Å². The Morgan fingerprint density at radius 3 is 2.50 bits per heavy atom. The van der Waals surface area contributed by atoms with Crippen molar-refractivity contribution in [3.05, 3.63) is 92.7 Å². The number of benzene rings is 1. The van der Waals surface area contributed by atoms with E-state index in [1.807, 2.05) is 36.4 Å². The van der Waals surface area contributed by atoms with Crippen LogP contribution in [0.1, 0.15) is 37.9 Å². The molecule has 0 fully saturated rings. The summed E-state index contributed by atoms with van der Waals surface area (Å²) in [5.41, 5.74) is 2.09. The van der Waals surface area contributed by atoms with Crippen LogP contribution in [-0.4, -0.2) is 16.6 Å². The third kappa shape index (κ3) is 1.98. The fourth-order valence-corrected chi connectivity index (χ4v) is 3.35. The number of ketones is 2. The topological polar surface area (TPSA) is 79.0 Å². The van der Waals surface area contributed by atoms with Crippen LogP contribution in [0, 0.1) is 6.92 Å². The first-order valence-electron chi connectivity index (χ1n) is 7.63. The molecule has 1 aromatic carbocycles. The van der Waals surface area contributed by atoms with Crippen LogP contribution in [-0.2, 0) is 0 Å². The zero-order chi connectivity index (χ0) is 16.8. The van der Waals surface area contributed by atoms with Gasteiger partial charge in [0.2, 0.25) is 11.3 Å². The number of allylic oxidation sites excluding steroid dienone is 3. The number of hydrogen-bond acceptors (Lipinski definition) is 4. The molecule has 1 atom stereocenters. The highest BCUT2D eigenvalue weighted by Crippen LogP contribution is 2.37. The molecular weight excluding hydrogens is 304 g/mol. The van der Waals surface area contributed by atoms with Gasteiger partial charge < -0.3 is 10.3 Å². The van der Waals surface area contributed by atoms with Gasteiger partial charge in [-0.1, -0.05) is 36.4 Å². The number of aromatic nitrogens is 1. The zero-order valence-corrected chi connectivity index (χ0v) is 12.9. The van der Waals surface area contributed by atoms with Crippen molar-refractivity contribution in [2.75, 3.05) is 0 Å². The molecule has 0 radical (unpaired) electrons. The van der Waals surface area contributed by atoms with Crippen molar-refractivity contribution < 1.29 is 9.59 Å². The second-order valence-electron chi connectivity index (χ2n) is 5.91. The van der Waals surface area contributed by atoms with E-state index < -0.39 is 0 Å². The van der Waals surface area contributed by atoms with Gasteiger partial charge in [-0.05, 0) is 24.3 Å².